The van der Waals surface area contributed by atoms with Crippen molar-refractivity contribution < 1.29 is 9.59 Å². The maximum absolute atomic E-state index is 13.8. The lowest BCUT2D eigenvalue weighted by Gasteiger charge is -2.25. The van der Waals surface area contributed by atoms with E-state index in [2.05, 4.69) is 110 Å². The van der Waals surface area contributed by atoms with Crippen LogP contribution in [0.15, 0.2) is 36.4 Å². The minimum atomic E-state index is -0.392. The summed E-state index contributed by atoms with van der Waals surface area (Å²) in [6.45, 7) is 24.5. The van der Waals surface area contributed by atoms with Crippen LogP contribution in [-0.4, -0.2) is 71.2 Å². The number of likely N-dealkylation sites (tertiary alicyclic amines) is 1. The van der Waals surface area contributed by atoms with Gasteiger partial charge >= 0.3 is 0 Å². The van der Waals surface area contributed by atoms with Crippen LogP contribution in [0, 0.1) is 0 Å². The highest BCUT2D eigenvalue weighted by atomic mass is 32.7. The molecule has 9 heteroatoms. The summed E-state index contributed by atoms with van der Waals surface area (Å²) in [6, 6.07) is 13.1. The predicted molar refractivity (Wildman–Crippen MR) is 212 cm³/mol. The fraction of sp³-hybridized carbons (Fsp3) is 0.590. The van der Waals surface area contributed by atoms with Crippen LogP contribution in [0.2, 0.25) is 0 Å². The van der Waals surface area contributed by atoms with Gasteiger partial charge in [0.15, 0.2) is 0 Å². The monoisotopic (exact) mass is 695 g/mol. The van der Waals surface area contributed by atoms with Crippen LogP contribution in [0.3, 0.4) is 0 Å². The first kappa shape index (κ1) is 40.1. The van der Waals surface area contributed by atoms with Gasteiger partial charge in [-0.25, -0.2) is 0 Å². The molecule has 2 atom stereocenters. The van der Waals surface area contributed by atoms with Gasteiger partial charge in [0.05, 0.1) is 11.6 Å². The van der Waals surface area contributed by atoms with Gasteiger partial charge < -0.3 is 15.0 Å². The van der Waals surface area contributed by atoms with Crippen molar-refractivity contribution in [2.45, 2.75) is 105 Å². The van der Waals surface area contributed by atoms with Crippen molar-refractivity contribution >= 4 is 52.6 Å². The number of aryl methyl sites for hydroxylation is 1. The number of nitrogens with zero attached hydrogens (tertiary/aromatic N) is 3. The highest BCUT2D eigenvalue weighted by Crippen LogP contribution is 2.46. The van der Waals surface area contributed by atoms with E-state index in [1.54, 1.807) is 6.92 Å². The minimum Gasteiger partial charge on any atom is -0.356 e. The number of rotatable bonds is 14. The molecule has 48 heavy (non-hydrogen) atoms. The van der Waals surface area contributed by atoms with Crippen LogP contribution < -0.4 is 10.4 Å². The molecule has 2 unspecified atom stereocenters. The molecule has 2 aromatic carbocycles. The molecule has 0 bridgehead atoms. The molecule has 4 rings (SSSR count). The minimum absolute atomic E-state index is 0.0323. The Morgan fingerprint density at radius 1 is 1.02 bits per heavy atom. The number of nitrogens with one attached hydrogen (secondary N) is 2. The summed E-state index contributed by atoms with van der Waals surface area (Å²) in [5.74, 6) is 0.228. The Balaban J connectivity index is 0.000000533. The lowest BCUT2D eigenvalue weighted by molar-refractivity contribution is -0.121. The molecule has 2 N–H and O–H groups in total. The van der Waals surface area contributed by atoms with Crippen molar-refractivity contribution in [2.24, 2.45) is 7.05 Å². The SMILES string of the molecule is CC(=O)C(C)N1CCCC1.CCCN(CCC)Cc1cccc2cc(C(=O)Nc3cc(C(C)(C)C)cc(NP(C)SC)c3CC)n(C)c12. The average molecular weight is 696 g/mol. The molecule has 0 radical (unpaired) electrons. The zero-order valence-electron chi connectivity index (χ0n) is 31.6. The molecule has 0 saturated carbocycles. The maximum atomic E-state index is 13.8. The third-order valence-corrected chi connectivity index (χ3v) is 12.4. The zero-order valence-corrected chi connectivity index (χ0v) is 33.3. The molecule has 1 saturated heterocycles. The van der Waals surface area contributed by atoms with Crippen molar-refractivity contribution in [2.75, 3.05) is 49.5 Å². The second kappa shape index (κ2) is 18.6. The van der Waals surface area contributed by atoms with Gasteiger partial charge in [-0.05, 0) is 125 Å². The predicted octanol–water partition coefficient (Wildman–Crippen LogP) is 9.69. The van der Waals surface area contributed by atoms with Gasteiger partial charge in [0.1, 0.15) is 11.5 Å². The Labute approximate surface area is 296 Å². The van der Waals surface area contributed by atoms with Gasteiger partial charge in [-0.3, -0.25) is 19.4 Å². The fourth-order valence-corrected chi connectivity index (χ4v) is 7.67. The summed E-state index contributed by atoms with van der Waals surface area (Å²) < 4.78 is 2.08. The molecule has 1 aromatic heterocycles. The standard InChI is InChI=1S/C31H47N4OPS.C8H15NO/c1-10-16-35(17-11-2)21-23-15-13-14-22-18-28(34(7)29(22)23)30(36)32-26-19-24(31(4,5)6)20-27(25(26)12-3)33-37(8)38-9;1-7(8(2)10)9-5-3-4-6-9/h13-15,18-20,33H,10-12,16-17,21H2,1-9H3,(H,32,36);7H,3-6H2,1-2H3. The van der Waals surface area contributed by atoms with E-state index >= 15 is 0 Å². The van der Waals surface area contributed by atoms with E-state index in [1.165, 1.54) is 24.0 Å². The number of hydrogen-bond donors (Lipinski definition) is 2. The molecule has 1 aliphatic heterocycles. The zero-order chi connectivity index (χ0) is 35.6. The number of carbonyl (C=O) groups excluding carboxylic acids is 2. The van der Waals surface area contributed by atoms with Gasteiger partial charge in [-0.1, -0.05) is 59.7 Å². The van der Waals surface area contributed by atoms with Crippen LogP contribution in [0.5, 0.6) is 0 Å². The highest BCUT2D eigenvalue weighted by molar-refractivity contribution is 8.55. The van der Waals surface area contributed by atoms with E-state index < -0.39 is 7.27 Å². The molecule has 7 nitrogen and oxygen atoms in total. The van der Waals surface area contributed by atoms with Crippen molar-refractivity contribution in [1.29, 1.82) is 0 Å². The Hall–Kier alpha value is -2.38. The van der Waals surface area contributed by atoms with Crippen LogP contribution in [0.4, 0.5) is 11.4 Å². The third kappa shape index (κ3) is 10.6. The topological polar surface area (TPSA) is 69.6 Å². The first-order valence-corrected chi connectivity index (χ1v) is 21.4. The molecular formula is C39H62N5O2PS. The number of aromatic nitrogens is 1. The van der Waals surface area contributed by atoms with Gasteiger partial charge in [0, 0.05) is 37.6 Å². The quantitative estimate of drug-likeness (QED) is 0.164. The molecular weight excluding hydrogens is 634 g/mol. The van der Waals surface area contributed by atoms with Crippen LogP contribution in [0.25, 0.3) is 10.9 Å². The molecule has 1 fully saturated rings. The Bertz CT molecular complexity index is 1500. The van der Waals surface area contributed by atoms with Crippen LogP contribution >= 0.6 is 18.7 Å². The van der Waals surface area contributed by atoms with E-state index in [0.717, 1.165) is 79.8 Å². The summed E-state index contributed by atoms with van der Waals surface area (Å²) >= 11 is 1.84. The molecule has 1 amide bonds. The van der Waals surface area contributed by atoms with Crippen molar-refractivity contribution in [3.05, 3.63) is 58.8 Å². The van der Waals surface area contributed by atoms with Crippen molar-refractivity contribution in [3.8, 4) is 0 Å². The van der Waals surface area contributed by atoms with Gasteiger partial charge in [0.2, 0.25) is 0 Å². The second-order valence-electron chi connectivity index (χ2n) is 14.1. The molecule has 0 aliphatic carbocycles. The molecule has 0 spiro atoms. The number of para-hydroxylation sites is 1. The van der Waals surface area contributed by atoms with Gasteiger partial charge in [-0.2, -0.15) is 0 Å². The highest BCUT2D eigenvalue weighted by Gasteiger charge is 2.23. The Morgan fingerprint density at radius 2 is 1.65 bits per heavy atom. The fourth-order valence-electron chi connectivity index (χ4n) is 6.47. The van der Waals surface area contributed by atoms with Gasteiger partial charge in [-0.15, -0.1) is 11.4 Å². The normalized spacial score (nSPS) is 14.9. The summed E-state index contributed by atoms with van der Waals surface area (Å²) in [7, 11) is 1.63. The summed E-state index contributed by atoms with van der Waals surface area (Å²) in [5.41, 5.74) is 7.47. The molecule has 1 aliphatic rings. The van der Waals surface area contributed by atoms with Crippen LogP contribution in [-0.2, 0) is 30.2 Å². The largest absolute Gasteiger partial charge is 0.356 e. The smallest absolute Gasteiger partial charge is 0.272 e. The summed E-state index contributed by atoms with van der Waals surface area (Å²) in [6.07, 6.45) is 7.77. The van der Waals surface area contributed by atoms with E-state index in [4.69, 9.17) is 0 Å². The lowest BCUT2D eigenvalue weighted by Crippen LogP contribution is -2.35. The first-order valence-electron chi connectivity index (χ1n) is 17.8. The molecule has 266 valence electrons. The maximum Gasteiger partial charge on any atom is 0.272 e. The van der Waals surface area contributed by atoms with E-state index in [9.17, 15) is 9.59 Å². The lowest BCUT2D eigenvalue weighted by atomic mass is 9.85. The van der Waals surface area contributed by atoms with E-state index in [0.29, 0.717) is 11.5 Å². The number of Topliss-reactive ketones (excluding diaryl/α,β-unsaturated/α-hetero) is 1. The Morgan fingerprint density at radius 3 is 2.19 bits per heavy atom. The third-order valence-electron chi connectivity index (χ3n) is 9.39. The number of carbonyl (C=O) groups is 2. The number of fused-ring (bicyclic) bond motifs is 1. The van der Waals surface area contributed by atoms with Crippen LogP contribution in [0.1, 0.15) is 108 Å². The number of amides is 1. The first-order chi connectivity index (χ1) is 22.7. The molecule has 3 aromatic rings. The summed E-state index contributed by atoms with van der Waals surface area (Å²) in [4.78, 5) is 29.5. The summed E-state index contributed by atoms with van der Waals surface area (Å²) in [5, 5.41) is 8.15. The number of benzene rings is 2. The number of hydrogen-bond acceptors (Lipinski definition) is 6. The average Bonchev–Trinajstić information content (AvgIpc) is 3.69. The van der Waals surface area contributed by atoms with Gasteiger partial charge in [0.25, 0.3) is 5.91 Å². The number of anilines is 2. The number of ketones is 1. The van der Waals surface area contributed by atoms with E-state index in [1.807, 2.05) is 31.4 Å². The second-order valence-corrected chi connectivity index (χ2v) is 18.5. The van der Waals surface area contributed by atoms with Crippen molar-refractivity contribution in [1.82, 2.24) is 14.4 Å². The van der Waals surface area contributed by atoms with Crippen molar-refractivity contribution in [3.63, 3.8) is 0 Å². The molecule has 2 heterocycles. The Kier molecular flexibility index (Phi) is 15.5. The van der Waals surface area contributed by atoms with E-state index in [-0.39, 0.29) is 17.4 Å².